The number of rotatable bonds is 3. The third-order valence-electron chi connectivity index (χ3n) is 2.28. The van der Waals surface area contributed by atoms with E-state index in [-0.39, 0.29) is 5.92 Å². The van der Waals surface area contributed by atoms with Crippen molar-refractivity contribution in [1.29, 1.82) is 10.5 Å². The zero-order valence-electron chi connectivity index (χ0n) is 9.74. The third kappa shape index (κ3) is 2.56. The molecule has 0 amide bonds. The Morgan fingerprint density at radius 1 is 1.19 bits per heavy atom. The summed E-state index contributed by atoms with van der Waals surface area (Å²) in [6.45, 7) is 6.06. The molecule has 0 radical (unpaired) electrons. The highest BCUT2D eigenvalue weighted by Gasteiger charge is 2.13. The van der Waals surface area contributed by atoms with Crippen LogP contribution in [0.2, 0.25) is 0 Å². The van der Waals surface area contributed by atoms with Gasteiger partial charge in [0.25, 0.3) is 0 Å². The van der Waals surface area contributed by atoms with E-state index in [0.717, 1.165) is 16.2 Å². The lowest BCUT2D eigenvalue weighted by Gasteiger charge is -2.11. The highest BCUT2D eigenvalue weighted by molar-refractivity contribution is 7.99. The van der Waals surface area contributed by atoms with Crippen LogP contribution < -0.4 is 0 Å². The van der Waals surface area contributed by atoms with Crippen molar-refractivity contribution in [2.75, 3.05) is 5.75 Å². The average molecular weight is 230 g/mol. The first-order valence-corrected chi connectivity index (χ1v) is 6.23. The lowest BCUT2D eigenvalue weighted by molar-refractivity contribution is 0.856. The predicted octanol–water partition coefficient (Wildman–Crippen LogP) is 3.67. The monoisotopic (exact) mass is 230 g/mol. The molecule has 0 spiro atoms. The van der Waals surface area contributed by atoms with Crippen molar-refractivity contribution in [1.82, 2.24) is 0 Å². The van der Waals surface area contributed by atoms with Crippen LogP contribution in [0.15, 0.2) is 17.0 Å². The Bertz CT molecular complexity index is 429. The van der Waals surface area contributed by atoms with Crippen LogP contribution in [0.25, 0.3) is 0 Å². The molecule has 0 aliphatic carbocycles. The molecule has 0 heterocycles. The molecule has 0 atom stereocenters. The molecule has 0 bridgehead atoms. The lowest BCUT2D eigenvalue weighted by Crippen LogP contribution is -1.98. The van der Waals surface area contributed by atoms with Crippen molar-refractivity contribution >= 4 is 11.8 Å². The molecule has 0 fully saturated rings. The van der Waals surface area contributed by atoms with E-state index < -0.39 is 0 Å². The topological polar surface area (TPSA) is 47.6 Å². The van der Waals surface area contributed by atoms with Gasteiger partial charge in [-0.05, 0) is 29.4 Å². The van der Waals surface area contributed by atoms with Crippen LogP contribution in [-0.2, 0) is 0 Å². The number of nitrogens with zero attached hydrogens (tertiary/aromatic N) is 2. The fraction of sp³-hybridized carbons (Fsp3) is 0.385. The van der Waals surface area contributed by atoms with Crippen LogP contribution in [0.4, 0.5) is 0 Å². The first kappa shape index (κ1) is 12.6. The highest BCUT2D eigenvalue weighted by Crippen LogP contribution is 2.29. The van der Waals surface area contributed by atoms with Gasteiger partial charge in [-0.15, -0.1) is 11.8 Å². The molecule has 0 aliphatic heterocycles. The van der Waals surface area contributed by atoms with Gasteiger partial charge < -0.3 is 0 Å². The second-order valence-electron chi connectivity index (χ2n) is 3.74. The van der Waals surface area contributed by atoms with Crippen molar-refractivity contribution in [2.45, 2.75) is 31.6 Å². The van der Waals surface area contributed by atoms with E-state index >= 15 is 0 Å². The van der Waals surface area contributed by atoms with E-state index in [2.05, 4.69) is 19.1 Å². The average Bonchev–Trinajstić information content (AvgIpc) is 2.27. The van der Waals surface area contributed by atoms with Crippen molar-refractivity contribution in [3.63, 3.8) is 0 Å². The second-order valence-corrected chi connectivity index (χ2v) is 5.08. The molecule has 1 aromatic rings. The minimum Gasteiger partial charge on any atom is -0.192 e. The standard InChI is InChI=1S/C13H14N2S/c1-4-16-12-5-10(7-14)13(9(2)3)11(6-12)8-15/h5-6,9H,4H2,1-3H3. The molecular weight excluding hydrogens is 216 g/mol. The summed E-state index contributed by atoms with van der Waals surface area (Å²) in [5, 5.41) is 18.2. The largest absolute Gasteiger partial charge is 0.192 e. The molecule has 2 nitrogen and oxygen atoms in total. The van der Waals surface area contributed by atoms with Crippen LogP contribution in [-0.4, -0.2) is 5.75 Å². The van der Waals surface area contributed by atoms with E-state index in [9.17, 15) is 0 Å². The van der Waals surface area contributed by atoms with Gasteiger partial charge in [-0.2, -0.15) is 10.5 Å². The summed E-state index contributed by atoms with van der Waals surface area (Å²) in [6, 6.07) is 8.13. The Balaban J connectivity index is 3.40. The van der Waals surface area contributed by atoms with Gasteiger partial charge in [0.05, 0.1) is 23.3 Å². The first-order chi connectivity index (χ1) is 7.63. The molecule has 1 aromatic carbocycles. The van der Waals surface area contributed by atoms with Crippen LogP contribution >= 0.6 is 11.8 Å². The predicted molar refractivity (Wildman–Crippen MR) is 66.4 cm³/mol. The summed E-state index contributed by atoms with van der Waals surface area (Å²) >= 11 is 1.65. The molecule has 1 rings (SSSR count). The van der Waals surface area contributed by atoms with Gasteiger partial charge in [0.1, 0.15) is 0 Å². The minimum absolute atomic E-state index is 0.199. The summed E-state index contributed by atoms with van der Waals surface area (Å²) < 4.78 is 0. The van der Waals surface area contributed by atoms with Gasteiger partial charge in [0.15, 0.2) is 0 Å². The quantitative estimate of drug-likeness (QED) is 0.744. The van der Waals surface area contributed by atoms with E-state index in [1.807, 2.05) is 26.0 Å². The van der Waals surface area contributed by atoms with Crippen molar-refractivity contribution in [3.8, 4) is 12.1 Å². The van der Waals surface area contributed by atoms with Gasteiger partial charge in [0, 0.05) is 4.90 Å². The van der Waals surface area contributed by atoms with Gasteiger partial charge in [-0.3, -0.25) is 0 Å². The van der Waals surface area contributed by atoms with Crippen molar-refractivity contribution in [3.05, 3.63) is 28.8 Å². The van der Waals surface area contributed by atoms with Crippen LogP contribution in [0.5, 0.6) is 0 Å². The number of nitriles is 2. The summed E-state index contributed by atoms with van der Waals surface area (Å²) in [5.41, 5.74) is 2.13. The van der Waals surface area contributed by atoms with E-state index in [1.165, 1.54) is 0 Å². The molecule has 0 aliphatic rings. The first-order valence-electron chi connectivity index (χ1n) is 5.25. The Kier molecular flexibility index (Phi) is 4.40. The Morgan fingerprint density at radius 3 is 2.00 bits per heavy atom. The summed E-state index contributed by atoms with van der Waals surface area (Å²) in [4.78, 5) is 1.00. The van der Waals surface area contributed by atoms with Crippen molar-refractivity contribution in [2.24, 2.45) is 0 Å². The smallest absolute Gasteiger partial charge is 0.0995 e. The maximum absolute atomic E-state index is 9.11. The second kappa shape index (κ2) is 5.58. The van der Waals surface area contributed by atoms with E-state index in [1.54, 1.807) is 11.8 Å². The fourth-order valence-corrected chi connectivity index (χ4v) is 2.42. The molecule has 0 saturated carbocycles. The van der Waals surface area contributed by atoms with E-state index in [0.29, 0.717) is 11.1 Å². The number of benzene rings is 1. The molecule has 16 heavy (non-hydrogen) atoms. The van der Waals surface area contributed by atoms with Crippen LogP contribution in [0.3, 0.4) is 0 Å². The Hall–Kier alpha value is -1.45. The fourth-order valence-electron chi connectivity index (χ4n) is 1.68. The third-order valence-corrected chi connectivity index (χ3v) is 3.14. The van der Waals surface area contributed by atoms with Gasteiger partial charge in [-0.25, -0.2) is 0 Å². The van der Waals surface area contributed by atoms with Gasteiger partial charge in [-0.1, -0.05) is 20.8 Å². The van der Waals surface area contributed by atoms with E-state index in [4.69, 9.17) is 10.5 Å². The zero-order chi connectivity index (χ0) is 12.1. The Morgan fingerprint density at radius 2 is 1.69 bits per heavy atom. The molecule has 0 unspecified atom stereocenters. The number of thioether (sulfide) groups is 1. The molecule has 3 heteroatoms. The SMILES string of the molecule is CCSc1cc(C#N)c(C(C)C)c(C#N)c1. The van der Waals surface area contributed by atoms with Crippen LogP contribution in [0, 0.1) is 22.7 Å². The molecule has 0 aromatic heterocycles. The van der Waals surface area contributed by atoms with Gasteiger partial charge in [0.2, 0.25) is 0 Å². The summed E-state index contributed by atoms with van der Waals surface area (Å²) in [5.74, 6) is 1.14. The van der Waals surface area contributed by atoms with Crippen molar-refractivity contribution < 1.29 is 0 Å². The molecule has 0 N–H and O–H groups in total. The summed E-state index contributed by atoms with van der Waals surface area (Å²) in [6.07, 6.45) is 0. The summed E-state index contributed by atoms with van der Waals surface area (Å²) in [7, 11) is 0. The lowest BCUT2D eigenvalue weighted by atomic mass is 9.93. The highest BCUT2D eigenvalue weighted by atomic mass is 32.2. The molecule has 0 saturated heterocycles. The normalized spacial score (nSPS) is 9.88. The Labute approximate surface area is 101 Å². The molecular formula is C13H14N2S. The maximum atomic E-state index is 9.11. The number of hydrogen-bond donors (Lipinski definition) is 0. The number of hydrogen-bond acceptors (Lipinski definition) is 3. The van der Waals surface area contributed by atoms with Crippen LogP contribution in [0.1, 0.15) is 43.4 Å². The zero-order valence-corrected chi connectivity index (χ0v) is 10.6. The maximum Gasteiger partial charge on any atom is 0.0995 e. The minimum atomic E-state index is 0.199. The van der Waals surface area contributed by atoms with Gasteiger partial charge >= 0.3 is 0 Å². The molecule has 82 valence electrons.